The fourth-order valence-corrected chi connectivity index (χ4v) is 9.64. The number of hydrogen-bond donors (Lipinski definition) is 6. The van der Waals surface area contributed by atoms with Crippen molar-refractivity contribution in [3.8, 4) is 0 Å². The molecule has 70 heavy (non-hydrogen) atoms. The van der Waals surface area contributed by atoms with Crippen LogP contribution < -0.4 is 5.32 Å². The van der Waals surface area contributed by atoms with Crippen molar-refractivity contribution in [2.45, 2.75) is 333 Å². The Morgan fingerprint density at radius 1 is 0.471 bits per heavy atom. The summed E-state index contributed by atoms with van der Waals surface area (Å²) in [5.74, 6) is -0.183. The van der Waals surface area contributed by atoms with Crippen LogP contribution in [0.25, 0.3) is 0 Å². The molecule has 0 spiro atoms. The van der Waals surface area contributed by atoms with E-state index in [1.807, 2.05) is 6.08 Å². The Kier molecular flexibility index (Phi) is 48.3. The van der Waals surface area contributed by atoms with Gasteiger partial charge in [-0.05, 0) is 57.8 Å². The van der Waals surface area contributed by atoms with E-state index in [-0.39, 0.29) is 12.5 Å². The molecule has 0 aromatic carbocycles. The number of aliphatic hydroxyl groups is 5. The number of unbranched alkanes of at least 4 members (excludes halogenated alkanes) is 38. The molecule has 1 aliphatic rings. The Hall–Kier alpha value is -1.59. The molecule has 1 amide bonds. The first-order valence-corrected chi connectivity index (χ1v) is 30.2. The second-order valence-corrected chi connectivity index (χ2v) is 21.1. The first kappa shape index (κ1) is 66.4. The molecule has 7 atom stereocenters. The maximum absolute atomic E-state index is 13.1. The van der Waals surface area contributed by atoms with Crippen molar-refractivity contribution in [2.75, 3.05) is 13.2 Å². The lowest BCUT2D eigenvalue weighted by molar-refractivity contribution is -0.302. The summed E-state index contributed by atoms with van der Waals surface area (Å²) in [6.45, 7) is 3.79. The number of ether oxygens (including phenoxy) is 2. The highest BCUT2D eigenvalue weighted by Gasteiger charge is 2.44. The van der Waals surface area contributed by atoms with Gasteiger partial charge in [-0.15, -0.1) is 0 Å². The van der Waals surface area contributed by atoms with Gasteiger partial charge in [-0.3, -0.25) is 4.79 Å². The van der Waals surface area contributed by atoms with Crippen molar-refractivity contribution < 1.29 is 39.8 Å². The number of rotatable bonds is 52. The fourth-order valence-electron chi connectivity index (χ4n) is 9.64. The van der Waals surface area contributed by atoms with E-state index in [1.54, 1.807) is 6.08 Å². The minimum atomic E-state index is -1.57. The van der Waals surface area contributed by atoms with Gasteiger partial charge < -0.3 is 40.3 Å². The van der Waals surface area contributed by atoms with Crippen molar-refractivity contribution in [3.63, 3.8) is 0 Å². The Morgan fingerprint density at radius 2 is 0.814 bits per heavy atom. The van der Waals surface area contributed by atoms with Gasteiger partial charge in [-0.25, -0.2) is 0 Å². The molecule has 9 heteroatoms. The van der Waals surface area contributed by atoms with Crippen molar-refractivity contribution in [1.82, 2.24) is 5.32 Å². The van der Waals surface area contributed by atoms with E-state index in [2.05, 4.69) is 43.5 Å². The maximum atomic E-state index is 13.1. The number of allylic oxidation sites excluding steroid dienone is 5. The number of nitrogens with one attached hydrogen (secondary N) is 1. The predicted octanol–water partition coefficient (Wildman–Crippen LogP) is 15.1. The molecule has 1 heterocycles. The smallest absolute Gasteiger partial charge is 0.220 e. The van der Waals surface area contributed by atoms with Gasteiger partial charge in [0.1, 0.15) is 24.4 Å². The summed E-state index contributed by atoms with van der Waals surface area (Å²) in [7, 11) is 0. The first-order valence-electron chi connectivity index (χ1n) is 30.2. The van der Waals surface area contributed by atoms with Crippen molar-refractivity contribution in [1.29, 1.82) is 0 Å². The highest BCUT2D eigenvalue weighted by atomic mass is 16.7. The zero-order chi connectivity index (χ0) is 50.8. The molecule has 0 radical (unpaired) electrons. The summed E-state index contributed by atoms with van der Waals surface area (Å²) in [6, 6.07) is -0.820. The van der Waals surface area contributed by atoms with Gasteiger partial charge in [-0.2, -0.15) is 0 Å². The van der Waals surface area contributed by atoms with Crippen LogP contribution in [0.1, 0.15) is 290 Å². The normalized spacial score (nSPS) is 19.6. The minimum absolute atomic E-state index is 0.183. The van der Waals surface area contributed by atoms with E-state index in [0.29, 0.717) is 6.42 Å². The van der Waals surface area contributed by atoms with E-state index in [4.69, 9.17) is 9.47 Å². The van der Waals surface area contributed by atoms with Crippen LogP contribution in [-0.2, 0) is 14.3 Å². The molecule has 7 unspecified atom stereocenters. The molecule has 9 nitrogen and oxygen atoms in total. The standard InChI is InChI=1S/C61H115NO8/c1-3-5-7-9-11-13-15-17-19-21-22-23-24-25-26-27-28-29-30-31-32-33-34-35-37-39-41-43-45-47-49-51-57(65)62-54(53-69-61-60(68)59(67)58(66)56(52-63)70-61)55(64)50-48-46-44-42-40-38-36-20-18-16-14-12-10-8-6-4-2/h25-26,40,42,48,50,54-56,58-61,63-64,66-68H,3-24,27-39,41,43-47,49,51-53H2,1-2H3,(H,62,65)/b26-25-,42-40+,50-48+. The van der Waals surface area contributed by atoms with Gasteiger partial charge in [-0.1, -0.05) is 262 Å². The molecule has 0 aromatic rings. The molecule has 0 aliphatic carbocycles. The van der Waals surface area contributed by atoms with Crippen LogP contribution in [0, 0.1) is 0 Å². The average molecular weight is 991 g/mol. The van der Waals surface area contributed by atoms with Crippen LogP contribution in [0.15, 0.2) is 36.5 Å². The molecule has 0 aromatic heterocycles. The Morgan fingerprint density at radius 3 is 1.20 bits per heavy atom. The quantitative estimate of drug-likeness (QED) is 0.0261. The van der Waals surface area contributed by atoms with Crippen molar-refractivity contribution >= 4 is 5.91 Å². The predicted molar refractivity (Wildman–Crippen MR) is 295 cm³/mol. The van der Waals surface area contributed by atoms with E-state index in [0.717, 1.165) is 38.5 Å². The molecule has 1 aliphatic heterocycles. The highest BCUT2D eigenvalue weighted by Crippen LogP contribution is 2.23. The Bertz CT molecular complexity index is 1190. The molecule has 6 N–H and O–H groups in total. The number of amides is 1. The van der Waals surface area contributed by atoms with E-state index >= 15 is 0 Å². The molecule has 0 bridgehead atoms. The minimum Gasteiger partial charge on any atom is -0.394 e. The van der Waals surface area contributed by atoms with Gasteiger partial charge in [0, 0.05) is 6.42 Å². The molecular weight excluding hydrogens is 875 g/mol. The summed E-state index contributed by atoms with van der Waals surface area (Å²) in [5.41, 5.74) is 0. The van der Waals surface area contributed by atoms with Gasteiger partial charge >= 0.3 is 0 Å². The van der Waals surface area contributed by atoms with Crippen LogP contribution in [0.3, 0.4) is 0 Å². The summed E-state index contributed by atoms with van der Waals surface area (Å²) in [5, 5.41) is 54.5. The molecule has 0 saturated carbocycles. The molecule has 412 valence electrons. The monoisotopic (exact) mass is 990 g/mol. The van der Waals surface area contributed by atoms with E-state index in [1.165, 1.54) is 231 Å². The molecule has 1 rings (SSSR count). The van der Waals surface area contributed by atoms with E-state index < -0.39 is 49.5 Å². The highest BCUT2D eigenvalue weighted by molar-refractivity contribution is 5.76. The van der Waals surface area contributed by atoms with Crippen LogP contribution in [0.5, 0.6) is 0 Å². The lowest BCUT2D eigenvalue weighted by atomic mass is 9.99. The van der Waals surface area contributed by atoms with Crippen molar-refractivity contribution in [3.05, 3.63) is 36.5 Å². The average Bonchev–Trinajstić information content (AvgIpc) is 3.36. The van der Waals surface area contributed by atoms with Crippen LogP contribution in [-0.4, -0.2) is 87.5 Å². The molecule has 1 saturated heterocycles. The SMILES string of the molecule is CCCCCCCCCCCC/C=C/CC/C=C/C(O)C(COC1OC(CO)C(O)C(O)C1O)NC(=O)CCCCCCCCCCCCCCCCC/C=C\CCCCCCCCCCCCCC. The zero-order valence-corrected chi connectivity index (χ0v) is 45.8. The van der Waals surface area contributed by atoms with Crippen molar-refractivity contribution in [2.24, 2.45) is 0 Å². The fraction of sp³-hybridized carbons (Fsp3) is 0.885. The van der Waals surface area contributed by atoms with Crippen LogP contribution in [0.2, 0.25) is 0 Å². The Balaban J connectivity index is 2.15. The Labute approximate surface area is 431 Å². The molecule has 1 fully saturated rings. The number of carbonyl (C=O) groups excluding carboxylic acids is 1. The lowest BCUT2D eigenvalue weighted by Gasteiger charge is -2.40. The number of hydrogen-bond acceptors (Lipinski definition) is 8. The van der Waals surface area contributed by atoms with Crippen LogP contribution >= 0.6 is 0 Å². The zero-order valence-electron chi connectivity index (χ0n) is 45.8. The van der Waals surface area contributed by atoms with Gasteiger partial charge in [0.15, 0.2) is 6.29 Å². The largest absolute Gasteiger partial charge is 0.394 e. The molecular formula is C61H115NO8. The van der Waals surface area contributed by atoms with Crippen LogP contribution in [0.4, 0.5) is 0 Å². The van der Waals surface area contributed by atoms with Gasteiger partial charge in [0.25, 0.3) is 0 Å². The number of aliphatic hydroxyl groups excluding tert-OH is 5. The summed E-state index contributed by atoms with van der Waals surface area (Å²) < 4.78 is 11.3. The summed E-state index contributed by atoms with van der Waals surface area (Å²) in [4.78, 5) is 13.1. The summed E-state index contributed by atoms with van der Waals surface area (Å²) >= 11 is 0. The van der Waals surface area contributed by atoms with Gasteiger partial charge in [0.05, 0.1) is 25.4 Å². The summed E-state index contributed by atoms with van der Waals surface area (Å²) in [6.07, 6.45) is 59.5. The maximum Gasteiger partial charge on any atom is 0.220 e. The topological polar surface area (TPSA) is 149 Å². The third-order valence-corrected chi connectivity index (χ3v) is 14.4. The second kappa shape index (κ2) is 50.9. The van der Waals surface area contributed by atoms with Gasteiger partial charge in [0.2, 0.25) is 5.91 Å². The second-order valence-electron chi connectivity index (χ2n) is 21.1. The third-order valence-electron chi connectivity index (χ3n) is 14.4. The first-order chi connectivity index (χ1) is 34.3. The third kappa shape index (κ3) is 39.9. The number of carbonyl (C=O) groups is 1. The lowest BCUT2D eigenvalue weighted by Crippen LogP contribution is -2.60. The van der Waals surface area contributed by atoms with E-state index in [9.17, 15) is 30.3 Å².